The summed E-state index contributed by atoms with van der Waals surface area (Å²) in [7, 11) is 1.93. The monoisotopic (exact) mass is 180 g/mol. The summed E-state index contributed by atoms with van der Waals surface area (Å²) < 4.78 is 0. The Kier molecular flexibility index (Phi) is 3.78. The van der Waals surface area contributed by atoms with Crippen molar-refractivity contribution in [1.82, 2.24) is 10.2 Å². The molecule has 3 nitrogen and oxygen atoms in total. The van der Waals surface area contributed by atoms with Crippen molar-refractivity contribution in [1.29, 1.82) is 0 Å². The summed E-state index contributed by atoms with van der Waals surface area (Å²) in [5.41, 5.74) is 0. The average Bonchev–Trinajstić information content (AvgIpc) is 2.18. The van der Waals surface area contributed by atoms with Crippen LogP contribution in [0.1, 0.15) is 19.3 Å². The highest BCUT2D eigenvalue weighted by molar-refractivity contribution is 5.78. The zero-order valence-electron chi connectivity index (χ0n) is 8.05. The van der Waals surface area contributed by atoms with Crippen molar-refractivity contribution < 1.29 is 4.79 Å². The van der Waals surface area contributed by atoms with Crippen LogP contribution < -0.4 is 5.32 Å². The Balaban J connectivity index is 2.42. The van der Waals surface area contributed by atoms with Crippen LogP contribution in [0, 0.1) is 12.3 Å². The number of terminal acetylenes is 1. The van der Waals surface area contributed by atoms with Gasteiger partial charge in [0.2, 0.25) is 5.91 Å². The maximum atomic E-state index is 11.4. The Hall–Kier alpha value is -1.01. The summed E-state index contributed by atoms with van der Waals surface area (Å²) in [6, 6.07) is 0.440. The second-order valence-electron chi connectivity index (χ2n) is 3.35. The number of nitrogens with zero attached hydrogens (tertiary/aromatic N) is 1. The van der Waals surface area contributed by atoms with Crippen LogP contribution in [0.2, 0.25) is 0 Å². The first kappa shape index (κ1) is 10.1. The lowest BCUT2D eigenvalue weighted by atomic mass is 10.1. The molecule has 1 atom stereocenters. The predicted octanol–water partition coefficient (Wildman–Crippen LogP) is 0.220. The van der Waals surface area contributed by atoms with Gasteiger partial charge in [0.15, 0.2) is 0 Å². The van der Waals surface area contributed by atoms with Gasteiger partial charge in [0.05, 0.1) is 6.42 Å². The number of likely N-dealkylation sites (tertiary alicyclic amines) is 1. The van der Waals surface area contributed by atoms with Gasteiger partial charge in [0.1, 0.15) is 0 Å². The molecule has 1 fully saturated rings. The third-order valence-corrected chi connectivity index (χ3v) is 2.44. The predicted molar refractivity (Wildman–Crippen MR) is 52.1 cm³/mol. The van der Waals surface area contributed by atoms with Crippen LogP contribution in [0.5, 0.6) is 0 Å². The Morgan fingerprint density at radius 1 is 1.77 bits per heavy atom. The van der Waals surface area contributed by atoms with Crippen molar-refractivity contribution >= 4 is 5.91 Å². The molecule has 0 aromatic heterocycles. The standard InChI is InChI=1S/C10H16N2O/c1-3-5-10(13)12-7-4-6-9(8-12)11-2/h1,9,11H,4-8H2,2H3. The fourth-order valence-corrected chi connectivity index (χ4v) is 1.64. The molecule has 0 aromatic rings. The molecule has 0 aromatic carbocycles. The molecule has 1 amide bonds. The fourth-order valence-electron chi connectivity index (χ4n) is 1.64. The van der Waals surface area contributed by atoms with E-state index in [0.29, 0.717) is 6.04 Å². The maximum absolute atomic E-state index is 11.4. The van der Waals surface area contributed by atoms with E-state index < -0.39 is 0 Å². The van der Waals surface area contributed by atoms with Gasteiger partial charge < -0.3 is 10.2 Å². The fraction of sp³-hybridized carbons (Fsp3) is 0.700. The Morgan fingerprint density at radius 2 is 2.54 bits per heavy atom. The Labute approximate surface area is 79.5 Å². The SMILES string of the molecule is C#CCC(=O)N1CCCC(NC)C1. The molecule has 1 saturated heterocycles. The molecule has 1 heterocycles. The van der Waals surface area contributed by atoms with E-state index in [9.17, 15) is 4.79 Å². The van der Waals surface area contributed by atoms with Crippen LogP contribution in [-0.2, 0) is 4.79 Å². The average molecular weight is 180 g/mol. The number of nitrogens with one attached hydrogen (secondary N) is 1. The number of rotatable bonds is 2. The second kappa shape index (κ2) is 4.88. The van der Waals surface area contributed by atoms with Crippen molar-refractivity contribution in [3.63, 3.8) is 0 Å². The number of carbonyl (C=O) groups is 1. The number of hydrogen-bond acceptors (Lipinski definition) is 2. The van der Waals surface area contributed by atoms with E-state index in [-0.39, 0.29) is 12.3 Å². The van der Waals surface area contributed by atoms with Crippen molar-refractivity contribution in [3.05, 3.63) is 0 Å². The molecule has 1 unspecified atom stereocenters. The van der Waals surface area contributed by atoms with Gasteiger partial charge in [-0.15, -0.1) is 6.42 Å². The summed E-state index contributed by atoms with van der Waals surface area (Å²) in [5, 5.41) is 3.19. The van der Waals surface area contributed by atoms with E-state index in [1.165, 1.54) is 0 Å². The minimum atomic E-state index is 0.0856. The van der Waals surface area contributed by atoms with E-state index in [1.54, 1.807) is 0 Å². The van der Waals surface area contributed by atoms with Crippen molar-refractivity contribution in [2.75, 3.05) is 20.1 Å². The first-order valence-corrected chi connectivity index (χ1v) is 4.66. The van der Waals surface area contributed by atoms with Gasteiger partial charge in [0, 0.05) is 19.1 Å². The molecule has 72 valence electrons. The quantitative estimate of drug-likeness (QED) is 0.617. The third kappa shape index (κ3) is 2.74. The van der Waals surface area contributed by atoms with Crippen LogP contribution in [0.3, 0.4) is 0 Å². The topological polar surface area (TPSA) is 32.3 Å². The first-order valence-electron chi connectivity index (χ1n) is 4.66. The van der Waals surface area contributed by atoms with Crippen LogP contribution in [0.25, 0.3) is 0 Å². The molecule has 0 radical (unpaired) electrons. The number of amides is 1. The van der Waals surface area contributed by atoms with E-state index >= 15 is 0 Å². The second-order valence-corrected chi connectivity index (χ2v) is 3.35. The zero-order chi connectivity index (χ0) is 9.68. The van der Waals surface area contributed by atoms with Crippen LogP contribution in [-0.4, -0.2) is 37.0 Å². The normalized spacial score (nSPS) is 22.5. The van der Waals surface area contributed by atoms with E-state index in [1.807, 2.05) is 11.9 Å². The lowest BCUT2D eigenvalue weighted by molar-refractivity contribution is -0.131. The third-order valence-electron chi connectivity index (χ3n) is 2.44. The van der Waals surface area contributed by atoms with Gasteiger partial charge in [-0.3, -0.25) is 4.79 Å². The first-order chi connectivity index (χ1) is 6.27. The number of carbonyl (C=O) groups excluding carboxylic acids is 1. The minimum absolute atomic E-state index is 0.0856. The molecule has 0 bridgehead atoms. The molecule has 1 N–H and O–H groups in total. The minimum Gasteiger partial charge on any atom is -0.340 e. The summed E-state index contributed by atoms with van der Waals surface area (Å²) >= 11 is 0. The smallest absolute Gasteiger partial charge is 0.234 e. The summed E-state index contributed by atoms with van der Waals surface area (Å²) in [5.74, 6) is 2.47. The summed E-state index contributed by atoms with van der Waals surface area (Å²) in [4.78, 5) is 13.3. The maximum Gasteiger partial charge on any atom is 0.234 e. The van der Waals surface area contributed by atoms with E-state index in [4.69, 9.17) is 6.42 Å². The Morgan fingerprint density at radius 3 is 3.15 bits per heavy atom. The molecule has 0 saturated carbocycles. The number of hydrogen-bond donors (Lipinski definition) is 1. The summed E-state index contributed by atoms with van der Waals surface area (Å²) in [6.07, 6.45) is 7.54. The van der Waals surface area contributed by atoms with Gasteiger partial charge >= 0.3 is 0 Å². The molecule has 0 aliphatic carbocycles. The highest BCUT2D eigenvalue weighted by Crippen LogP contribution is 2.10. The highest BCUT2D eigenvalue weighted by atomic mass is 16.2. The molecule has 1 aliphatic rings. The van der Waals surface area contributed by atoms with Crippen molar-refractivity contribution in [2.24, 2.45) is 0 Å². The van der Waals surface area contributed by atoms with Gasteiger partial charge in [0.25, 0.3) is 0 Å². The highest BCUT2D eigenvalue weighted by Gasteiger charge is 2.21. The lowest BCUT2D eigenvalue weighted by Gasteiger charge is -2.32. The van der Waals surface area contributed by atoms with Crippen LogP contribution >= 0.6 is 0 Å². The van der Waals surface area contributed by atoms with Gasteiger partial charge in [-0.2, -0.15) is 0 Å². The largest absolute Gasteiger partial charge is 0.340 e. The lowest BCUT2D eigenvalue weighted by Crippen LogP contribution is -2.46. The molecule has 13 heavy (non-hydrogen) atoms. The van der Waals surface area contributed by atoms with Crippen LogP contribution in [0.15, 0.2) is 0 Å². The van der Waals surface area contributed by atoms with Gasteiger partial charge in [-0.1, -0.05) is 5.92 Å². The molecular weight excluding hydrogens is 164 g/mol. The van der Waals surface area contributed by atoms with Gasteiger partial charge in [-0.25, -0.2) is 0 Å². The van der Waals surface area contributed by atoms with E-state index in [0.717, 1.165) is 25.9 Å². The van der Waals surface area contributed by atoms with Gasteiger partial charge in [-0.05, 0) is 19.9 Å². The molecule has 3 heteroatoms. The summed E-state index contributed by atoms with van der Waals surface area (Å²) in [6.45, 7) is 1.66. The number of likely N-dealkylation sites (N-methyl/N-ethyl adjacent to an activating group) is 1. The molecule has 0 spiro atoms. The zero-order valence-corrected chi connectivity index (χ0v) is 8.05. The Bertz CT molecular complexity index is 219. The molecular formula is C10H16N2O. The van der Waals surface area contributed by atoms with E-state index in [2.05, 4.69) is 11.2 Å². The number of piperidine rings is 1. The molecule has 1 rings (SSSR count). The van der Waals surface area contributed by atoms with Crippen LogP contribution in [0.4, 0.5) is 0 Å². The van der Waals surface area contributed by atoms with Crippen molar-refractivity contribution in [2.45, 2.75) is 25.3 Å². The van der Waals surface area contributed by atoms with Crippen molar-refractivity contribution in [3.8, 4) is 12.3 Å². The molecule has 1 aliphatic heterocycles.